The number of nitrogens with one attached hydrogen (secondary N) is 1. The van der Waals surface area contributed by atoms with E-state index in [1.54, 1.807) is 24.3 Å². The summed E-state index contributed by atoms with van der Waals surface area (Å²) < 4.78 is 45.3. The highest BCUT2D eigenvalue weighted by atomic mass is 79.9. The minimum absolute atomic E-state index is 0.314. The van der Waals surface area contributed by atoms with E-state index in [9.17, 15) is 18.0 Å². The minimum atomic E-state index is -4.39. The molecule has 0 unspecified atom stereocenters. The first-order valence-corrected chi connectivity index (χ1v) is 10.9. The number of amides is 1. The van der Waals surface area contributed by atoms with Crippen molar-refractivity contribution in [2.24, 2.45) is 5.10 Å². The fourth-order valence-electron chi connectivity index (χ4n) is 2.72. The van der Waals surface area contributed by atoms with E-state index in [4.69, 9.17) is 4.74 Å². The normalized spacial score (nSPS) is 11.6. The van der Waals surface area contributed by atoms with Gasteiger partial charge in [-0.25, -0.2) is 5.43 Å². The summed E-state index contributed by atoms with van der Waals surface area (Å²) in [7, 11) is 0. The molecule has 0 aliphatic carbocycles. The van der Waals surface area contributed by atoms with Crippen LogP contribution in [0.15, 0.2) is 74.7 Å². The molecule has 0 aliphatic heterocycles. The highest BCUT2D eigenvalue weighted by Crippen LogP contribution is 2.35. The molecule has 0 aliphatic rings. The van der Waals surface area contributed by atoms with E-state index in [2.05, 4.69) is 42.4 Å². The van der Waals surface area contributed by atoms with E-state index >= 15 is 0 Å². The summed E-state index contributed by atoms with van der Waals surface area (Å²) in [5.41, 5.74) is 4.38. The molecule has 3 aromatic rings. The number of hydrazone groups is 1. The fourth-order valence-corrected chi connectivity index (χ4v) is 4.36. The minimum Gasteiger partial charge on any atom is -0.487 e. The number of halogens is 5. The standard InChI is InChI=1S/C23H17Br2F3N2O2/c1-14-10-19(24)21(20(25)11-14)32-13-16-2-6-17(7-3-16)22(31)30-29-12-15-4-8-18(9-5-15)23(26,27)28/h2-12H,13H2,1H3,(H,30,31)/b29-12+. The Morgan fingerprint density at radius 3 is 2.19 bits per heavy atom. The predicted octanol–water partition coefficient (Wildman–Crippen LogP) is 6.88. The van der Waals surface area contributed by atoms with Gasteiger partial charge in [-0.2, -0.15) is 18.3 Å². The average Bonchev–Trinajstić information content (AvgIpc) is 2.73. The molecule has 4 nitrogen and oxygen atoms in total. The van der Waals surface area contributed by atoms with Crippen LogP contribution in [0, 0.1) is 6.92 Å². The summed E-state index contributed by atoms with van der Waals surface area (Å²) in [6.07, 6.45) is -3.12. The molecule has 0 radical (unpaired) electrons. The second-order valence-corrected chi connectivity index (χ2v) is 8.57. The first kappa shape index (κ1) is 24.0. The number of aryl methyl sites for hydroxylation is 1. The van der Waals surface area contributed by atoms with Crippen LogP contribution in [-0.2, 0) is 12.8 Å². The van der Waals surface area contributed by atoms with Crippen molar-refractivity contribution in [1.29, 1.82) is 0 Å². The van der Waals surface area contributed by atoms with E-state index in [0.29, 0.717) is 23.5 Å². The molecule has 3 rings (SSSR count). The number of carbonyl (C=O) groups excluding carboxylic acids is 1. The Morgan fingerprint density at radius 2 is 1.62 bits per heavy atom. The third-order valence-electron chi connectivity index (χ3n) is 4.36. The van der Waals surface area contributed by atoms with Gasteiger partial charge in [0, 0.05) is 5.56 Å². The number of rotatable bonds is 6. The summed E-state index contributed by atoms with van der Waals surface area (Å²) in [5, 5.41) is 3.79. The largest absolute Gasteiger partial charge is 0.487 e. The average molecular weight is 570 g/mol. The van der Waals surface area contributed by atoms with Gasteiger partial charge in [-0.15, -0.1) is 0 Å². The molecule has 9 heteroatoms. The van der Waals surface area contributed by atoms with E-state index in [0.717, 1.165) is 32.2 Å². The molecule has 0 aromatic heterocycles. The Morgan fingerprint density at radius 1 is 1.03 bits per heavy atom. The number of hydrogen-bond acceptors (Lipinski definition) is 3. The first-order chi connectivity index (χ1) is 15.1. The Balaban J connectivity index is 1.55. The zero-order valence-corrected chi connectivity index (χ0v) is 19.9. The Labute approximate surface area is 199 Å². The Hall–Kier alpha value is -2.65. The highest BCUT2D eigenvalue weighted by Gasteiger charge is 2.29. The molecule has 0 bridgehead atoms. The van der Waals surface area contributed by atoms with Crippen molar-refractivity contribution in [1.82, 2.24) is 5.43 Å². The van der Waals surface area contributed by atoms with Crippen molar-refractivity contribution in [3.05, 3.63) is 97.4 Å². The number of alkyl halides is 3. The number of carbonyl (C=O) groups is 1. The quantitative estimate of drug-likeness (QED) is 0.260. The van der Waals surface area contributed by atoms with Crippen LogP contribution in [0.3, 0.4) is 0 Å². The SMILES string of the molecule is Cc1cc(Br)c(OCc2ccc(C(=O)N/N=C/c3ccc(C(F)(F)F)cc3)cc2)c(Br)c1. The molecular formula is C23H17Br2F3N2O2. The van der Waals surface area contributed by atoms with Gasteiger partial charge in [-0.3, -0.25) is 4.79 Å². The second-order valence-electron chi connectivity index (χ2n) is 6.86. The molecule has 0 saturated carbocycles. The fraction of sp³-hybridized carbons (Fsp3) is 0.130. The highest BCUT2D eigenvalue weighted by molar-refractivity contribution is 9.11. The topological polar surface area (TPSA) is 50.7 Å². The van der Waals surface area contributed by atoms with Gasteiger partial charge >= 0.3 is 6.18 Å². The van der Waals surface area contributed by atoms with Crippen LogP contribution in [0.25, 0.3) is 0 Å². The third kappa shape index (κ3) is 6.43. The zero-order valence-electron chi connectivity index (χ0n) is 16.7. The maximum atomic E-state index is 12.6. The van der Waals surface area contributed by atoms with Gasteiger partial charge in [0.1, 0.15) is 12.4 Å². The molecule has 0 atom stereocenters. The smallest absolute Gasteiger partial charge is 0.416 e. The molecule has 0 fully saturated rings. The summed E-state index contributed by atoms with van der Waals surface area (Å²) in [5.74, 6) is 0.250. The maximum absolute atomic E-state index is 12.6. The van der Waals surface area contributed by atoms with Gasteiger partial charge in [0.05, 0.1) is 20.7 Å². The van der Waals surface area contributed by atoms with E-state index in [1.165, 1.54) is 18.3 Å². The number of nitrogens with zero attached hydrogens (tertiary/aromatic N) is 1. The molecule has 0 heterocycles. The van der Waals surface area contributed by atoms with Gasteiger partial charge in [0.15, 0.2) is 0 Å². The number of ether oxygens (including phenoxy) is 1. The lowest BCUT2D eigenvalue weighted by atomic mass is 10.1. The van der Waals surface area contributed by atoms with Crippen molar-refractivity contribution in [3.63, 3.8) is 0 Å². The number of hydrogen-bond donors (Lipinski definition) is 1. The summed E-state index contributed by atoms with van der Waals surface area (Å²) in [4.78, 5) is 12.2. The lowest BCUT2D eigenvalue weighted by molar-refractivity contribution is -0.137. The van der Waals surface area contributed by atoms with Crippen LogP contribution >= 0.6 is 31.9 Å². The van der Waals surface area contributed by atoms with E-state index in [-0.39, 0.29) is 0 Å². The van der Waals surface area contributed by atoms with Crippen molar-refractivity contribution in [3.8, 4) is 5.75 Å². The third-order valence-corrected chi connectivity index (χ3v) is 5.54. The van der Waals surface area contributed by atoms with Crippen LogP contribution in [0.2, 0.25) is 0 Å². The molecule has 3 aromatic carbocycles. The van der Waals surface area contributed by atoms with Crippen molar-refractivity contribution >= 4 is 44.0 Å². The van der Waals surface area contributed by atoms with Crippen LogP contribution in [-0.4, -0.2) is 12.1 Å². The van der Waals surface area contributed by atoms with Crippen LogP contribution in [0.4, 0.5) is 13.2 Å². The van der Waals surface area contributed by atoms with Gasteiger partial charge in [0.2, 0.25) is 0 Å². The summed E-state index contributed by atoms with van der Waals surface area (Å²) in [6, 6.07) is 15.2. The molecule has 0 spiro atoms. The van der Waals surface area contributed by atoms with Gasteiger partial charge in [-0.1, -0.05) is 24.3 Å². The molecule has 1 amide bonds. The Bertz CT molecular complexity index is 1110. The first-order valence-electron chi connectivity index (χ1n) is 9.31. The predicted molar refractivity (Wildman–Crippen MR) is 124 cm³/mol. The lowest BCUT2D eigenvalue weighted by Gasteiger charge is -2.11. The van der Waals surface area contributed by atoms with E-state index < -0.39 is 17.6 Å². The monoisotopic (exact) mass is 568 g/mol. The van der Waals surface area contributed by atoms with Gasteiger partial charge in [-0.05, 0) is 91.9 Å². The Kier molecular flexibility index (Phi) is 7.73. The zero-order chi connectivity index (χ0) is 23.3. The van der Waals surface area contributed by atoms with E-state index in [1.807, 2.05) is 19.1 Å². The summed E-state index contributed by atoms with van der Waals surface area (Å²) >= 11 is 6.97. The lowest BCUT2D eigenvalue weighted by Crippen LogP contribution is -2.17. The van der Waals surface area contributed by atoms with Crippen LogP contribution in [0.1, 0.15) is 32.6 Å². The second kappa shape index (κ2) is 10.3. The molecule has 1 N–H and O–H groups in total. The van der Waals surface area contributed by atoms with Crippen molar-refractivity contribution < 1.29 is 22.7 Å². The molecule has 0 saturated heterocycles. The maximum Gasteiger partial charge on any atom is 0.416 e. The molecular weight excluding hydrogens is 553 g/mol. The van der Waals surface area contributed by atoms with Gasteiger partial charge in [0.25, 0.3) is 5.91 Å². The number of benzene rings is 3. The van der Waals surface area contributed by atoms with Crippen molar-refractivity contribution in [2.45, 2.75) is 19.7 Å². The summed E-state index contributed by atoms with van der Waals surface area (Å²) in [6.45, 7) is 2.30. The van der Waals surface area contributed by atoms with Gasteiger partial charge < -0.3 is 4.74 Å². The molecule has 166 valence electrons. The van der Waals surface area contributed by atoms with Crippen LogP contribution < -0.4 is 10.2 Å². The van der Waals surface area contributed by atoms with Crippen molar-refractivity contribution in [2.75, 3.05) is 0 Å². The molecule has 32 heavy (non-hydrogen) atoms. The van der Waals surface area contributed by atoms with Crippen LogP contribution in [0.5, 0.6) is 5.75 Å².